The summed E-state index contributed by atoms with van der Waals surface area (Å²) in [7, 11) is 0. The van der Waals surface area contributed by atoms with Gasteiger partial charge in [0.25, 0.3) is 0 Å². The van der Waals surface area contributed by atoms with E-state index in [9.17, 15) is 0 Å². The lowest BCUT2D eigenvalue weighted by atomic mass is 10.1. The minimum atomic E-state index is 0.990. The molecular formula is C10H13+. The Kier molecular flexibility index (Phi) is 2.38. The molecule has 0 spiro atoms. The summed E-state index contributed by atoms with van der Waals surface area (Å²) in [6.07, 6.45) is 2.09. The Bertz CT molecular complexity index is 201. The van der Waals surface area contributed by atoms with Crippen LogP contribution in [0.25, 0.3) is 0 Å². The van der Waals surface area contributed by atoms with Crippen LogP contribution in [-0.4, -0.2) is 0 Å². The standard InChI is InChI=1S/C10H13/c1-3-5-10-7-4-6-9(2)8-10/h4,6-8H,1,3,5H2,2H3/q+1. The average Bonchev–Trinajstić information content (AvgIpc) is 1.88. The van der Waals surface area contributed by atoms with Crippen LogP contribution in [0.2, 0.25) is 0 Å². The summed E-state index contributed by atoms with van der Waals surface area (Å²) < 4.78 is 0. The molecule has 0 heterocycles. The summed E-state index contributed by atoms with van der Waals surface area (Å²) in [5.41, 5.74) is 2.74. The van der Waals surface area contributed by atoms with E-state index in [0.29, 0.717) is 0 Å². The van der Waals surface area contributed by atoms with Gasteiger partial charge in [-0.15, -0.1) is 0 Å². The molecule has 0 aliphatic heterocycles. The molecule has 0 bridgehead atoms. The van der Waals surface area contributed by atoms with Crippen molar-refractivity contribution in [3.05, 3.63) is 42.3 Å². The van der Waals surface area contributed by atoms with Gasteiger partial charge >= 0.3 is 0 Å². The van der Waals surface area contributed by atoms with E-state index in [2.05, 4.69) is 38.1 Å². The number of hydrogen-bond acceptors (Lipinski definition) is 0. The molecule has 0 saturated heterocycles. The fraction of sp³-hybridized carbons (Fsp3) is 0.300. The van der Waals surface area contributed by atoms with E-state index >= 15 is 0 Å². The third kappa shape index (κ3) is 1.80. The second-order valence-corrected chi connectivity index (χ2v) is 2.59. The fourth-order valence-electron chi connectivity index (χ4n) is 1.07. The molecule has 0 aliphatic carbocycles. The maximum Gasteiger partial charge on any atom is 0.0890 e. The molecule has 52 valence electrons. The molecule has 0 aliphatic rings. The topological polar surface area (TPSA) is 0 Å². The second kappa shape index (κ2) is 3.31. The van der Waals surface area contributed by atoms with Gasteiger partial charge in [-0.1, -0.05) is 29.8 Å². The SMILES string of the molecule is [CH2+]CCc1cccc(C)c1. The molecule has 0 fully saturated rings. The van der Waals surface area contributed by atoms with Gasteiger partial charge in [0.2, 0.25) is 0 Å². The molecule has 0 aromatic heterocycles. The third-order valence-electron chi connectivity index (χ3n) is 1.55. The fourth-order valence-corrected chi connectivity index (χ4v) is 1.07. The molecular weight excluding hydrogens is 120 g/mol. The van der Waals surface area contributed by atoms with Crippen LogP contribution < -0.4 is 0 Å². The number of rotatable bonds is 2. The summed E-state index contributed by atoms with van der Waals surface area (Å²) in [5.74, 6) is 0. The first-order chi connectivity index (χ1) is 4.83. The molecule has 0 radical (unpaired) electrons. The van der Waals surface area contributed by atoms with Crippen molar-refractivity contribution in [3.63, 3.8) is 0 Å². The molecule has 1 rings (SSSR count). The zero-order valence-electron chi connectivity index (χ0n) is 6.43. The Balaban J connectivity index is 2.75. The summed E-state index contributed by atoms with van der Waals surface area (Å²) in [6, 6.07) is 8.58. The minimum Gasteiger partial charge on any atom is -0.0617 e. The Morgan fingerprint density at radius 2 is 2.20 bits per heavy atom. The lowest BCUT2D eigenvalue weighted by Gasteiger charge is -1.96. The van der Waals surface area contributed by atoms with Crippen molar-refractivity contribution in [2.24, 2.45) is 0 Å². The van der Waals surface area contributed by atoms with Crippen molar-refractivity contribution in [1.29, 1.82) is 0 Å². The van der Waals surface area contributed by atoms with E-state index in [4.69, 9.17) is 0 Å². The predicted octanol–water partition coefficient (Wildman–Crippen LogP) is 2.76. The lowest BCUT2D eigenvalue weighted by molar-refractivity contribution is 0.996. The highest BCUT2D eigenvalue weighted by molar-refractivity contribution is 5.22. The lowest BCUT2D eigenvalue weighted by Crippen LogP contribution is -1.82. The van der Waals surface area contributed by atoms with E-state index < -0.39 is 0 Å². The van der Waals surface area contributed by atoms with Gasteiger partial charge in [-0.25, -0.2) is 0 Å². The van der Waals surface area contributed by atoms with Gasteiger partial charge in [0.15, 0.2) is 0 Å². The average molecular weight is 133 g/mol. The molecule has 0 amide bonds. The molecule has 0 nitrogen and oxygen atoms in total. The van der Waals surface area contributed by atoms with Gasteiger partial charge in [-0.05, 0) is 12.5 Å². The number of hydrogen-bond donors (Lipinski definition) is 0. The highest BCUT2D eigenvalue weighted by Crippen LogP contribution is 2.05. The van der Waals surface area contributed by atoms with E-state index in [0.717, 1.165) is 12.8 Å². The Labute approximate surface area is 62.9 Å². The van der Waals surface area contributed by atoms with Crippen molar-refractivity contribution in [3.8, 4) is 0 Å². The van der Waals surface area contributed by atoms with Crippen molar-refractivity contribution in [2.75, 3.05) is 0 Å². The van der Waals surface area contributed by atoms with Gasteiger partial charge in [-0.2, -0.15) is 0 Å². The highest BCUT2D eigenvalue weighted by atomic mass is 13.9. The number of aryl methyl sites for hydroxylation is 2. The monoisotopic (exact) mass is 133 g/mol. The molecule has 1 aromatic rings. The van der Waals surface area contributed by atoms with Crippen molar-refractivity contribution < 1.29 is 0 Å². The number of benzene rings is 1. The van der Waals surface area contributed by atoms with E-state index in [1.54, 1.807) is 0 Å². The van der Waals surface area contributed by atoms with Crippen molar-refractivity contribution in [1.82, 2.24) is 0 Å². The largest absolute Gasteiger partial charge is 0.0890 e. The molecule has 1 aromatic carbocycles. The first-order valence-corrected chi connectivity index (χ1v) is 3.67. The van der Waals surface area contributed by atoms with Gasteiger partial charge in [0.05, 0.1) is 13.3 Å². The van der Waals surface area contributed by atoms with Crippen LogP contribution in [-0.2, 0) is 6.42 Å². The molecule has 0 heteroatoms. The van der Waals surface area contributed by atoms with E-state index in [1.165, 1.54) is 11.1 Å². The van der Waals surface area contributed by atoms with Crippen LogP contribution in [0.3, 0.4) is 0 Å². The second-order valence-electron chi connectivity index (χ2n) is 2.59. The third-order valence-corrected chi connectivity index (χ3v) is 1.55. The van der Waals surface area contributed by atoms with Crippen LogP contribution in [0, 0.1) is 13.8 Å². The normalized spacial score (nSPS) is 9.70. The summed E-state index contributed by atoms with van der Waals surface area (Å²) in [6.45, 7) is 5.93. The van der Waals surface area contributed by atoms with Gasteiger partial charge in [0.1, 0.15) is 0 Å². The van der Waals surface area contributed by atoms with Crippen LogP contribution >= 0.6 is 0 Å². The summed E-state index contributed by atoms with van der Waals surface area (Å²) in [4.78, 5) is 0. The van der Waals surface area contributed by atoms with Gasteiger partial charge < -0.3 is 0 Å². The smallest absolute Gasteiger partial charge is 0.0617 e. The zero-order valence-corrected chi connectivity index (χ0v) is 6.43. The molecule has 0 saturated carbocycles. The quantitative estimate of drug-likeness (QED) is 0.544. The first-order valence-electron chi connectivity index (χ1n) is 3.67. The molecule has 0 atom stereocenters. The van der Waals surface area contributed by atoms with Crippen LogP contribution in [0.15, 0.2) is 24.3 Å². The molecule has 10 heavy (non-hydrogen) atoms. The van der Waals surface area contributed by atoms with Crippen LogP contribution in [0.5, 0.6) is 0 Å². The molecule has 0 unspecified atom stereocenters. The van der Waals surface area contributed by atoms with Crippen molar-refractivity contribution >= 4 is 0 Å². The maximum absolute atomic E-state index is 3.81. The van der Waals surface area contributed by atoms with Crippen molar-refractivity contribution in [2.45, 2.75) is 19.8 Å². The highest BCUT2D eigenvalue weighted by Gasteiger charge is 1.91. The van der Waals surface area contributed by atoms with E-state index in [1.807, 2.05) is 0 Å². The first kappa shape index (κ1) is 7.20. The minimum absolute atomic E-state index is 0.990. The molecule has 0 N–H and O–H groups in total. The van der Waals surface area contributed by atoms with Crippen LogP contribution in [0.4, 0.5) is 0 Å². The van der Waals surface area contributed by atoms with E-state index in [-0.39, 0.29) is 0 Å². The van der Waals surface area contributed by atoms with Gasteiger partial charge in [-0.3, -0.25) is 0 Å². The maximum atomic E-state index is 3.81. The Morgan fingerprint density at radius 1 is 1.40 bits per heavy atom. The summed E-state index contributed by atoms with van der Waals surface area (Å²) >= 11 is 0. The Morgan fingerprint density at radius 3 is 2.80 bits per heavy atom. The predicted molar refractivity (Wildman–Crippen MR) is 44.9 cm³/mol. The van der Waals surface area contributed by atoms with Gasteiger partial charge in [0, 0.05) is 6.42 Å². The summed E-state index contributed by atoms with van der Waals surface area (Å²) in [5, 5.41) is 0. The zero-order chi connectivity index (χ0) is 7.40. The van der Waals surface area contributed by atoms with Crippen LogP contribution in [0.1, 0.15) is 17.5 Å². The Hall–Kier alpha value is -0.910.